The fourth-order valence-electron chi connectivity index (χ4n) is 4.80. The molecule has 5 rings (SSSR count). The Labute approximate surface area is 218 Å². The minimum atomic E-state index is -0.600. The van der Waals surface area contributed by atoms with E-state index in [0.29, 0.717) is 28.2 Å². The van der Waals surface area contributed by atoms with Crippen LogP contribution in [0.4, 0.5) is 0 Å². The summed E-state index contributed by atoms with van der Waals surface area (Å²) in [6.07, 6.45) is 2.95. The molecule has 0 bridgehead atoms. The molecule has 4 aromatic rings. The molecule has 2 atom stereocenters. The lowest BCUT2D eigenvalue weighted by Crippen LogP contribution is -2.11. The van der Waals surface area contributed by atoms with E-state index in [1.54, 1.807) is 36.4 Å². The van der Waals surface area contributed by atoms with Crippen LogP contribution in [0.15, 0.2) is 66.7 Å². The van der Waals surface area contributed by atoms with E-state index in [4.69, 9.17) is 14.2 Å². The quantitative estimate of drug-likeness (QED) is 0.208. The zero-order valence-corrected chi connectivity index (χ0v) is 20.6. The average molecular weight is 515 g/mol. The lowest BCUT2D eigenvalue weighted by atomic mass is 9.84. The van der Waals surface area contributed by atoms with Gasteiger partial charge in [-0.3, -0.25) is 0 Å². The van der Waals surface area contributed by atoms with Crippen molar-refractivity contribution >= 4 is 12.2 Å². The molecule has 0 unspecified atom stereocenters. The molecule has 1 aliphatic heterocycles. The number of phenolic OH excluding ortho intramolecular Hbond substituents is 5. The summed E-state index contributed by atoms with van der Waals surface area (Å²) in [5, 5.41) is 50.2. The lowest BCUT2D eigenvalue weighted by molar-refractivity contribution is 0.213. The summed E-state index contributed by atoms with van der Waals surface area (Å²) in [5.74, 6) is 0.480. The Morgan fingerprint density at radius 1 is 0.632 bits per heavy atom. The van der Waals surface area contributed by atoms with Crippen LogP contribution in [-0.4, -0.2) is 39.8 Å². The van der Waals surface area contributed by atoms with E-state index in [1.807, 2.05) is 12.1 Å². The number of ether oxygens (including phenoxy) is 3. The summed E-state index contributed by atoms with van der Waals surface area (Å²) in [6.45, 7) is 0. The highest BCUT2D eigenvalue weighted by Crippen LogP contribution is 2.54. The number of rotatable bonds is 6. The lowest BCUT2D eigenvalue weighted by Gasteiger charge is -2.21. The number of benzene rings is 4. The first-order valence-corrected chi connectivity index (χ1v) is 11.7. The molecule has 0 spiro atoms. The van der Waals surface area contributed by atoms with E-state index in [9.17, 15) is 25.5 Å². The van der Waals surface area contributed by atoms with Gasteiger partial charge in [-0.05, 0) is 70.8 Å². The molecular weight excluding hydrogens is 488 g/mol. The Morgan fingerprint density at radius 2 is 1.21 bits per heavy atom. The fraction of sp³-hybridized carbons (Fsp3) is 0.133. The van der Waals surface area contributed by atoms with Gasteiger partial charge >= 0.3 is 0 Å². The Morgan fingerprint density at radius 3 is 1.82 bits per heavy atom. The molecule has 0 aromatic heterocycles. The average Bonchev–Trinajstić information content (AvgIpc) is 3.25. The number of phenols is 5. The highest BCUT2D eigenvalue weighted by Gasteiger charge is 2.39. The monoisotopic (exact) mass is 514 g/mol. The number of aromatic hydroxyl groups is 5. The summed E-state index contributed by atoms with van der Waals surface area (Å²) in [4.78, 5) is 0. The van der Waals surface area contributed by atoms with E-state index in [0.717, 1.165) is 11.1 Å². The predicted molar refractivity (Wildman–Crippen MR) is 141 cm³/mol. The second-order valence-corrected chi connectivity index (χ2v) is 8.99. The van der Waals surface area contributed by atoms with Crippen molar-refractivity contribution in [3.05, 3.63) is 94.5 Å². The number of hydrogen-bond acceptors (Lipinski definition) is 8. The highest BCUT2D eigenvalue weighted by atomic mass is 16.5. The third-order valence-electron chi connectivity index (χ3n) is 6.42. The van der Waals surface area contributed by atoms with Crippen molar-refractivity contribution < 1.29 is 39.7 Å². The van der Waals surface area contributed by atoms with Gasteiger partial charge in [0, 0.05) is 17.7 Å². The summed E-state index contributed by atoms with van der Waals surface area (Å²) in [7, 11) is 2.99. The molecule has 1 aliphatic rings. The summed E-state index contributed by atoms with van der Waals surface area (Å²) < 4.78 is 17.4. The van der Waals surface area contributed by atoms with Gasteiger partial charge in [0.2, 0.25) is 0 Å². The van der Waals surface area contributed by atoms with Crippen LogP contribution < -0.4 is 14.2 Å². The predicted octanol–water partition coefficient (Wildman–Crippen LogP) is 5.67. The normalized spacial score (nSPS) is 16.3. The number of fused-ring (bicyclic) bond motifs is 1. The van der Waals surface area contributed by atoms with Crippen molar-refractivity contribution in [1.82, 2.24) is 0 Å². The van der Waals surface area contributed by atoms with Gasteiger partial charge in [-0.25, -0.2) is 0 Å². The van der Waals surface area contributed by atoms with E-state index < -0.39 is 12.0 Å². The van der Waals surface area contributed by atoms with Crippen LogP contribution in [0, 0.1) is 0 Å². The van der Waals surface area contributed by atoms with Gasteiger partial charge in [-0.2, -0.15) is 0 Å². The van der Waals surface area contributed by atoms with E-state index in [2.05, 4.69) is 0 Å². The Bertz CT molecular complexity index is 1500. The Balaban J connectivity index is 1.65. The first kappa shape index (κ1) is 24.7. The maximum Gasteiger partial charge on any atom is 0.166 e. The second kappa shape index (κ2) is 9.82. The van der Waals surface area contributed by atoms with Crippen LogP contribution >= 0.6 is 0 Å². The molecule has 0 aliphatic carbocycles. The van der Waals surface area contributed by atoms with Crippen LogP contribution in [0.3, 0.4) is 0 Å². The van der Waals surface area contributed by atoms with Crippen molar-refractivity contribution in [1.29, 1.82) is 0 Å². The summed E-state index contributed by atoms with van der Waals surface area (Å²) in [6, 6.07) is 17.3. The molecule has 38 heavy (non-hydrogen) atoms. The number of hydrogen-bond donors (Lipinski definition) is 5. The molecule has 0 fully saturated rings. The smallest absolute Gasteiger partial charge is 0.166 e. The molecular formula is C30H26O8. The van der Waals surface area contributed by atoms with Gasteiger partial charge in [0.25, 0.3) is 0 Å². The maximum atomic E-state index is 10.3. The molecule has 8 nitrogen and oxygen atoms in total. The van der Waals surface area contributed by atoms with Gasteiger partial charge in [0.05, 0.1) is 20.1 Å². The Hall–Kier alpha value is -4.98. The minimum absolute atomic E-state index is 0.0127. The largest absolute Gasteiger partial charge is 0.508 e. The molecule has 0 amide bonds. The van der Waals surface area contributed by atoms with Gasteiger partial charge in [-0.15, -0.1) is 0 Å². The maximum absolute atomic E-state index is 10.3. The highest BCUT2D eigenvalue weighted by molar-refractivity contribution is 5.74. The second-order valence-electron chi connectivity index (χ2n) is 8.99. The molecule has 5 N–H and O–H groups in total. The molecule has 0 radical (unpaired) electrons. The third-order valence-corrected chi connectivity index (χ3v) is 6.42. The van der Waals surface area contributed by atoms with Crippen molar-refractivity contribution in [2.45, 2.75) is 12.0 Å². The van der Waals surface area contributed by atoms with Crippen molar-refractivity contribution in [2.24, 2.45) is 0 Å². The molecule has 8 heteroatoms. The van der Waals surface area contributed by atoms with Gasteiger partial charge in [0.1, 0.15) is 29.1 Å². The fourth-order valence-corrected chi connectivity index (χ4v) is 4.80. The van der Waals surface area contributed by atoms with Crippen LogP contribution in [0.1, 0.15) is 39.8 Å². The third kappa shape index (κ3) is 4.71. The zero-order valence-electron chi connectivity index (χ0n) is 20.6. The van der Waals surface area contributed by atoms with Gasteiger partial charge in [0.15, 0.2) is 23.0 Å². The van der Waals surface area contributed by atoms with Crippen molar-refractivity contribution in [2.75, 3.05) is 14.2 Å². The van der Waals surface area contributed by atoms with Crippen LogP contribution in [0.25, 0.3) is 12.2 Å². The van der Waals surface area contributed by atoms with Crippen LogP contribution in [0.5, 0.6) is 46.0 Å². The van der Waals surface area contributed by atoms with E-state index >= 15 is 0 Å². The van der Waals surface area contributed by atoms with Crippen LogP contribution in [0.2, 0.25) is 0 Å². The first-order chi connectivity index (χ1) is 18.2. The van der Waals surface area contributed by atoms with Crippen molar-refractivity contribution in [3.8, 4) is 46.0 Å². The molecule has 194 valence electrons. The van der Waals surface area contributed by atoms with E-state index in [1.165, 1.54) is 44.6 Å². The molecule has 4 aromatic carbocycles. The molecule has 1 heterocycles. The topological polar surface area (TPSA) is 129 Å². The standard InChI is InChI=1S/C30H26O8/c1-36-26-13-18(5-6-25(26)35)29-28(19-11-22(33)15-23(34)12-19)24-9-17(10-27(37-2)30(24)38-29)4-3-16-7-20(31)14-21(32)8-16/h3-15,28-29,31-35H,1-2H3/b4-3+/t28-,29+/m1/s1. The summed E-state index contributed by atoms with van der Waals surface area (Å²) in [5.41, 5.74) is 3.43. The summed E-state index contributed by atoms with van der Waals surface area (Å²) >= 11 is 0. The van der Waals surface area contributed by atoms with Crippen LogP contribution in [-0.2, 0) is 0 Å². The molecule has 0 saturated carbocycles. The van der Waals surface area contributed by atoms with E-state index in [-0.39, 0.29) is 34.5 Å². The minimum Gasteiger partial charge on any atom is -0.508 e. The van der Waals surface area contributed by atoms with Gasteiger partial charge in [-0.1, -0.05) is 18.2 Å². The van der Waals surface area contributed by atoms with Crippen molar-refractivity contribution in [3.63, 3.8) is 0 Å². The first-order valence-electron chi connectivity index (χ1n) is 11.7. The zero-order chi connectivity index (χ0) is 27.0. The molecule has 0 saturated heterocycles. The Kier molecular flexibility index (Phi) is 6.38. The van der Waals surface area contributed by atoms with Gasteiger partial charge < -0.3 is 39.7 Å². The SMILES string of the molecule is COc1cc([C@@H]2Oc3c(OC)cc(/C=C/c4cc(O)cc(O)c4)cc3[C@H]2c2cc(O)cc(O)c2)ccc1O. The number of methoxy groups -OCH3 is 2.